The highest BCUT2D eigenvalue weighted by molar-refractivity contribution is 7.85. The van der Waals surface area contributed by atoms with E-state index < -0.39 is 10.1 Å². The average molecular weight is 430 g/mol. The van der Waals surface area contributed by atoms with Crippen LogP contribution < -0.4 is 9.91 Å². The van der Waals surface area contributed by atoms with Crippen molar-refractivity contribution in [3.63, 3.8) is 0 Å². The molecule has 0 bridgehead atoms. The molecule has 1 aliphatic rings. The molecule has 0 spiro atoms. The molecule has 30 heavy (non-hydrogen) atoms. The fraction of sp³-hybridized carbons (Fsp3) is 0.286. The second-order valence-electron chi connectivity index (χ2n) is 6.90. The summed E-state index contributed by atoms with van der Waals surface area (Å²) in [6.45, 7) is 4.53. The second kappa shape index (κ2) is 8.76. The SMILES string of the molecule is CCN(CCS(=O)(=O)O)c1ccc(N=C2C(=O)N(c3ccccc3)[N+](C)=C2C)cc1. The summed E-state index contributed by atoms with van der Waals surface area (Å²) in [7, 11) is -2.20. The third-order valence-corrected chi connectivity index (χ3v) is 5.68. The van der Waals surface area contributed by atoms with E-state index >= 15 is 0 Å². The summed E-state index contributed by atoms with van der Waals surface area (Å²) in [5, 5.41) is 1.58. The van der Waals surface area contributed by atoms with Crippen LogP contribution in [0.4, 0.5) is 17.1 Å². The molecule has 0 fully saturated rings. The van der Waals surface area contributed by atoms with Gasteiger partial charge in [0.1, 0.15) is 5.69 Å². The number of carbonyl (C=O) groups is 1. The van der Waals surface area contributed by atoms with Crippen LogP contribution in [0.5, 0.6) is 0 Å². The Morgan fingerprint density at radius 2 is 1.73 bits per heavy atom. The molecule has 9 heteroatoms. The summed E-state index contributed by atoms with van der Waals surface area (Å²) in [6.07, 6.45) is 0. The second-order valence-corrected chi connectivity index (χ2v) is 8.48. The molecule has 8 nitrogen and oxygen atoms in total. The van der Waals surface area contributed by atoms with Crippen LogP contribution in [0.15, 0.2) is 59.6 Å². The van der Waals surface area contributed by atoms with Crippen LogP contribution in [0.2, 0.25) is 0 Å². The van der Waals surface area contributed by atoms with Gasteiger partial charge in [0.15, 0.2) is 7.05 Å². The molecule has 158 valence electrons. The molecule has 0 aromatic heterocycles. The zero-order chi connectivity index (χ0) is 21.9. The van der Waals surface area contributed by atoms with E-state index in [4.69, 9.17) is 4.55 Å². The molecule has 0 unspecified atom stereocenters. The van der Waals surface area contributed by atoms with Gasteiger partial charge < -0.3 is 4.90 Å². The van der Waals surface area contributed by atoms with Crippen molar-refractivity contribution in [3.05, 3.63) is 54.6 Å². The highest BCUT2D eigenvalue weighted by Gasteiger charge is 2.41. The molecular weight excluding hydrogens is 404 g/mol. The van der Waals surface area contributed by atoms with Crippen LogP contribution in [0.3, 0.4) is 0 Å². The number of anilines is 2. The number of hydrogen-bond donors (Lipinski definition) is 1. The Bertz CT molecular complexity index is 1090. The number of amides is 1. The van der Waals surface area contributed by atoms with Gasteiger partial charge in [0, 0.05) is 25.7 Å². The predicted molar refractivity (Wildman–Crippen MR) is 119 cm³/mol. The van der Waals surface area contributed by atoms with Crippen LogP contribution in [0.1, 0.15) is 13.8 Å². The van der Waals surface area contributed by atoms with Crippen molar-refractivity contribution in [2.24, 2.45) is 4.99 Å². The maximum atomic E-state index is 13.0. The maximum absolute atomic E-state index is 13.0. The van der Waals surface area contributed by atoms with Gasteiger partial charge in [-0.3, -0.25) is 9.35 Å². The first-order valence-electron chi connectivity index (χ1n) is 9.57. The largest absolute Gasteiger partial charge is 0.371 e. The number of hydrazone groups is 1. The molecule has 0 atom stereocenters. The minimum atomic E-state index is -4.02. The normalized spacial score (nSPS) is 15.9. The lowest BCUT2D eigenvalue weighted by molar-refractivity contribution is -0.495. The predicted octanol–water partition coefficient (Wildman–Crippen LogP) is 2.54. The number of hydrazine groups is 1. The zero-order valence-corrected chi connectivity index (χ0v) is 18.0. The Hall–Kier alpha value is -3.04. The first-order chi connectivity index (χ1) is 14.2. The molecular formula is C21H25N4O4S+. The molecule has 0 saturated heterocycles. The topological polar surface area (TPSA) is 93.3 Å². The number of para-hydroxylation sites is 1. The zero-order valence-electron chi connectivity index (χ0n) is 17.2. The number of carbonyl (C=O) groups excluding carboxylic acids is 1. The molecule has 3 rings (SSSR count). The van der Waals surface area contributed by atoms with Crippen LogP contribution in [-0.2, 0) is 14.9 Å². The lowest BCUT2D eigenvalue weighted by Crippen LogP contribution is -2.34. The third-order valence-electron chi connectivity index (χ3n) is 4.98. The smallest absolute Gasteiger partial charge is 0.338 e. The molecule has 0 aliphatic carbocycles. The Balaban J connectivity index is 1.82. The summed E-state index contributed by atoms with van der Waals surface area (Å²) in [5.41, 5.74) is 3.31. The minimum absolute atomic E-state index is 0.186. The lowest BCUT2D eigenvalue weighted by Gasteiger charge is -2.22. The van der Waals surface area contributed by atoms with Gasteiger partial charge in [0.05, 0.1) is 11.4 Å². The molecule has 0 saturated carbocycles. The monoisotopic (exact) mass is 429 g/mol. The van der Waals surface area contributed by atoms with Crippen molar-refractivity contribution in [2.45, 2.75) is 13.8 Å². The van der Waals surface area contributed by atoms with Gasteiger partial charge in [-0.05, 0) is 43.3 Å². The summed E-state index contributed by atoms with van der Waals surface area (Å²) in [4.78, 5) is 19.4. The Morgan fingerprint density at radius 3 is 2.30 bits per heavy atom. The Morgan fingerprint density at radius 1 is 1.10 bits per heavy atom. The summed E-state index contributed by atoms with van der Waals surface area (Å²) in [6, 6.07) is 16.6. The van der Waals surface area contributed by atoms with Gasteiger partial charge in [-0.25, -0.2) is 4.99 Å². The van der Waals surface area contributed by atoms with Crippen LogP contribution in [0, 0.1) is 0 Å². The maximum Gasteiger partial charge on any atom is 0.338 e. The number of benzene rings is 2. The van der Waals surface area contributed by atoms with Crippen molar-refractivity contribution >= 4 is 44.5 Å². The Kier molecular flexibility index (Phi) is 6.33. The van der Waals surface area contributed by atoms with Crippen molar-refractivity contribution < 1.29 is 22.4 Å². The van der Waals surface area contributed by atoms with E-state index in [1.165, 1.54) is 0 Å². The number of nitrogens with zero attached hydrogens (tertiary/aromatic N) is 4. The molecule has 2 aromatic carbocycles. The molecule has 1 heterocycles. The fourth-order valence-corrected chi connectivity index (χ4v) is 3.70. The summed E-state index contributed by atoms with van der Waals surface area (Å²) in [5.74, 6) is -0.538. The van der Waals surface area contributed by atoms with E-state index in [-0.39, 0.29) is 18.2 Å². The Labute approximate surface area is 176 Å². The summed E-state index contributed by atoms with van der Waals surface area (Å²) >= 11 is 0. The number of hydrogen-bond acceptors (Lipinski definition) is 5. The number of aliphatic imine (C=N–C) groups is 1. The van der Waals surface area contributed by atoms with Gasteiger partial charge in [0.25, 0.3) is 10.1 Å². The van der Waals surface area contributed by atoms with Gasteiger partial charge >= 0.3 is 5.91 Å². The van der Waals surface area contributed by atoms with E-state index in [1.54, 1.807) is 21.8 Å². The van der Waals surface area contributed by atoms with Gasteiger partial charge in [-0.2, -0.15) is 8.42 Å². The van der Waals surface area contributed by atoms with Crippen molar-refractivity contribution in [1.82, 2.24) is 0 Å². The summed E-state index contributed by atoms with van der Waals surface area (Å²) < 4.78 is 32.8. The van der Waals surface area contributed by atoms with Gasteiger partial charge in [-0.15, -0.1) is 4.68 Å². The van der Waals surface area contributed by atoms with Crippen molar-refractivity contribution in [3.8, 4) is 0 Å². The van der Waals surface area contributed by atoms with Crippen LogP contribution >= 0.6 is 0 Å². The lowest BCUT2D eigenvalue weighted by atomic mass is 10.2. The highest BCUT2D eigenvalue weighted by atomic mass is 32.2. The van der Waals surface area contributed by atoms with Gasteiger partial charge in [0.2, 0.25) is 11.4 Å². The first kappa shape index (κ1) is 21.7. The van der Waals surface area contributed by atoms with Crippen molar-refractivity contribution in [2.75, 3.05) is 35.8 Å². The molecule has 1 N–H and O–H groups in total. The first-order valence-corrected chi connectivity index (χ1v) is 11.2. The fourth-order valence-electron chi connectivity index (χ4n) is 3.25. The van der Waals surface area contributed by atoms with E-state index in [0.29, 0.717) is 17.9 Å². The van der Waals surface area contributed by atoms with Crippen LogP contribution in [0.25, 0.3) is 0 Å². The molecule has 1 amide bonds. The minimum Gasteiger partial charge on any atom is -0.371 e. The van der Waals surface area contributed by atoms with E-state index in [1.807, 2.05) is 68.3 Å². The quantitative estimate of drug-likeness (QED) is 0.539. The third kappa shape index (κ3) is 4.74. The van der Waals surface area contributed by atoms with Crippen molar-refractivity contribution in [1.29, 1.82) is 0 Å². The highest BCUT2D eigenvalue weighted by Crippen LogP contribution is 2.23. The van der Waals surface area contributed by atoms with E-state index in [0.717, 1.165) is 17.1 Å². The standard InChI is InChI=1S/C21H24N4O4S/c1-4-24(14-15-30(27,28)29)18-12-10-17(11-13-18)22-20-16(2)23(3)25(21(20)26)19-8-6-5-7-9-19/h5-13H,4,14-15H2,1-3H3/p+1. The molecule has 1 aliphatic heterocycles. The van der Waals surface area contributed by atoms with Crippen LogP contribution in [-0.4, -0.2) is 60.9 Å². The van der Waals surface area contributed by atoms with E-state index in [2.05, 4.69) is 4.99 Å². The average Bonchev–Trinajstić information content (AvgIpc) is 2.92. The number of rotatable bonds is 7. The molecule has 2 aromatic rings. The van der Waals surface area contributed by atoms with Gasteiger partial charge in [-0.1, -0.05) is 23.2 Å². The van der Waals surface area contributed by atoms with E-state index in [9.17, 15) is 13.2 Å². The molecule has 0 radical (unpaired) electrons.